The van der Waals surface area contributed by atoms with E-state index in [4.69, 9.17) is 5.11 Å². The monoisotopic (exact) mass is 250 g/mol. The van der Waals surface area contributed by atoms with Gasteiger partial charge in [-0.15, -0.1) is 0 Å². The molecule has 0 radical (unpaired) electrons. The smallest absolute Gasteiger partial charge is 0.328 e. The topological polar surface area (TPSA) is 74.6 Å². The van der Waals surface area contributed by atoms with Gasteiger partial charge in [-0.05, 0) is 23.5 Å². The summed E-state index contributed by atoms with van der Waals surface area (Å²) in [6.07, 6.45) is 7.97. The quantitative estimate of drug-likeness (QED) is 0.755. The molecule has 0 saturated heterocycles. The summed E-state index contributed by atoms with van der Waals surface area (Å²) in [5.74, 6) is -1.88. The van der Waals surface area contributed by atoms with Gasteiger partial charge in [0.05, 0.1) is 5.41 Å². The standard InChI is InChI=1S/C14H18O4/c1-13(2,3)14(12(17)18)8-6-10(7-9-14)4-5-11(15)16/h4-8H,9H2,1-3H3,(H,15,16)(H,17,18). The summed E-state index contributed by atoms with van der Waals surface area (Å²) >= 11 is 0. The molecule has 0 spiro atoms. The second kappa shape index (κ2) is 4.80. The van der Waals surface area contributed by atoms with E-state index >= 15 is 0 Å². The van der Waals surface area contributed by atoms with Crippen LogP contribution in [0.4, 0.5) is 0 Å². The predicted molar refractivity (Wildman–Crippen MR) is 68.1 cm³/mol. The Kier molecular flexibility index (Phi) is 3.79. The number of rotatable bonds is 3. The normalized spacial score (nSPS) is 24.1. The molecule has 4 heteroatoms. The van der Waals surface area contributed by atoms with Crippen molar-refractivity contribution in [2.45, 2.75) is 27.2 Å². The molecule has 4 nitrogen and oxygen atoms in total. The van der Waals surface area contributed by atoms with Gasteiger partial charge in [-0.3, -0.25) is 4.79 Å². The van der Waals surface area contributed by atoms with E-state index < -0.39 is 22.8 Å². The average molecular weight is 250 g/mol. The molecule has 0 amide bonds. The van der Waals surface area contributed by atoms with Crippen LogP contribution in [0.5, 0.6) is 0 Å². The maximum Gasteiger partial charge on any atom is 0.328 e. The molecule has 0 aromatic rings. The second-order valence-corrected chi connectivity index (χ2v) is 5.44. The van der Waals surface area contributed by atoms with Crippen molar-refractivity contribution in [2.24, 2.45) is 10.8 Å². The van der Waals surface area contributed by atoms with Crippen LogP contribution in [0.1, 0.15) is 27.2 Å². The first kappa shape index (κ1) is 14.2. The number of carboxylic acid groups (broad SMARTS) is 2. The summed E-state index contributed by atoms with van der Waals surface area (Å²) in [6.45, 7) is 5.66. The van der Waals surface area contributed by atoms with Crippen molar-refractivity contribution in [3.05, 3.63) is 36.0 Å². The van der Waals surface area contributed by atoms with Gasteiger partial charge in [-0.2, -0.15) is 0 Å². The zero-order chi connectivity index (χ0) is 14.0. The molecular weight excluding hydrogens is 232 g/mol. The Morgan fingerprint density at radius 1 is 1.33 bits per heavy atom. The van der Waals surface area contributed by atoms with Crippen molar-refractivity contribution >= 4 is 11.9 Å². The summed E-state index contributed by atoms with van der Waals surface area (Å²) in [6, 6.07) is 0. The van der Waals surface area contributed by atoms with Gasteiger partial charge in [0.1, 0.15) is 0 Å². The van der Waals surface area contributed by atoms with E-state index in [1.807, 2.05) is 20.8 Å². The second-order valence-electron chi connectivity index (χ2n) is 5.44. The Morgan fingerprint density at radius 2 is 1.94 bits per heavy atom. The zero-order valence-corrected chi connectivity index (χ0v) is 10.8. The fraction of sp³-hybridized carbons (Fsp3) is 0.429. The van der Waals surface area contributed by atoms with E-state index in [9.17, 15) is 14.7 Å². The highest BCUT2D eigenvalue weighted by Gasteiger charge is 2.46. The lowest BCUT2D eigenvalue weighted by Crippen LogP contribution is -2.41. The maximum atomic E-state index is 11.5. The molecule has 0 aliphatic heterocycles. The highest BCUT2D eigenvalue weighted by molar-refractivity contribution is 5.81. The minimum absolute atomic E-state index is 0.363. The van der Waals surface area contributed by atoms with Gasteiger partial charge < -0.3 is 10.2 Å². The van der Waals surface area contributed by atoms with E-state index in [-0.39, 0.29) is 0 Å². The predicted octanol–water partition coefficient (Wildman–Crippen LogP) is 2.63. The third-order valence-electron chi connectivity index (χ3n) is 3.36. The summed E-state index contributed by atoms with van der Waals surface area (Å²) in [5.41, 5.74) is -0.625. The molecular formula is C14H18O4. The van der Waals surface area contributed by atoms with Crippen LogP contribution < -0.4 is 0 Å². The van der Waals surface area contributed by atoms with Crippen LogP contribution in [0.2, 0.25) is 0 Å². The molecule has 1 unspecified atom stereocenters. The van der Waals surface area contributed by atoms with Crippen LogP contribution in [0, 0.1) is 10.8 Å². The van der Waals surface area contributed by atoms with Crippen LogP contribution in [0.3, 0.4) is 0 Å². The first-order chi connectivity index (χ1) is 8.19. The van der Waals surface area contributed by atoms with E-state index in [0.29, 0.717) is 6.42 Å². The molecule has 1 aliphatic rings. The lowest BCUT2D eigenvalue weighted by molar-refractivity contribution is -0.151. The van der Waals surface area contributed by atoms with Crippen molar-refractivity contribution < 1.29 is 19.8 Å². The average Bonchev–Trinajstić information content (AvgIpc) is 2.25. The number of hydrogen-bond donors (Lipinski definition) is 2. The molecule has 0 bridgehead atoms. The van der Waals surface area contributed by atoms with Crippen LogP contribution in [-0.2, 0) is 9.59 Å². The first-order valence-corrected chi connectivity index (χ1v) is 5.73. The Bertz CT molecular complexity index is 449. The molecule has 0 heterocycles. The van der Waals surface area contributed by atoms with Crippen molar-refractivity contribution in [3.63, 3.8) is 0 Å². The molecule has 0 fully saturated rings. The highest BCUT2D eigenvalue weighted by Crippen LogP contribution is 2.45. The summed E-state index contributed by atoms with van der Waals surface area (Å²) in [5, 5.41) is 18.0. The zero-order valence-electron chi connectivity index (χ0n) is 10.8. The van der Waals surface area contributed by atoms with Crippen LogP contribution in [-0.4, -0.2) is 22.2 Å². The molecule has 0 aromatic carbocycles. The van der Waals surface area contributed by atoms with Gasteiger partial charge in [0.15, 0.2) is 0 Å². The summed E-state index contributed by atoms with van der Waals surface area (Å²) in [4.78, 5) is 21.9. The number of hydrogen-bond acceptors (Lipinski definition) is 2. The highest BCUT2D eigenvalue weighted by atomic mass is 16.4. The van der Waals surface area contributed by atoms with Gasteiger partial charge in [0.25, 0.3) is 0 Å². The SMILES string of the molecule is CC(C)(C)C1(C(=O)O)C=CC(C=CC(=O)O)=CC1. The summed E-state index contributed by atoms with van der Waals surface area (Å²) < 4.78 is 0. The number of carbonyl (C=O) groups is 2. The fourth-order valence-corrected chi connectivity index (χ4v) is 1.98. The maximum absolute atomic E-state index is 11.5. The molecule has 1 atom stereocenters. The van der Waals surface area contributed by atoms with Gasteiger partial charge in [0, 0.05) is 6.08 Å². The van der Waals surface area contributed by atoms with Gasteiger partial charge >= 0.3 is 11.9 Å². The third kappa shape index (κ3) is 2.70. The lowest BCUT2D eigenvalue weighted by atomic mass is 9.63. The van der Waals surface area contributed by atoms with Crippen LogP contribution in [0.25, 0.3) is 0 Å². The van der Waals surface area contributed by atoms with Crippen molar-refractivity contribution in [2.75, 3.05) is 0 Å². The van der Waals surface area contributed by atoms with Crippen LogP contribution >= 0.6 is 0 Å². The molecule has 18 heavy (non-hydrogen) atoms. The minimum Gasteiger partial charge on any atom is -0.481 e. The largest absolute Gasteiger partial charge is 0.481 e. The number of carboxylic acids is 2. The summed E-state index contributed by atoms with van der Waals surface area (Å²) in [7, 11) is 0. The fourth-order valence-electron chi connectivity index (χ4n) is 1.98. The Balaban J connectivity index is 2.99. The van der Waals surface area contributed by atoms with E-state index in [0.717, 1.165) is 11.6 Å². The Morgan fingerprint density at radius 3 is 2.28 bits per heavy atom. The van der Waals surface area contributed by atoms with Crippen molar-refractivity contribution in [1.29, 1.82) is 0 Å². The molecule has 0 saturated carbocycles. The van der Waals surface area contributed by atoms with E-state index in [1.165, 1.54) is 6.08 Å². The first-order valence-electron chi connectivity index (χ1n) is 5.73. The van der Waals surface area contributed by atoms with Gasteiger partial charge in [0.2, 0.25) is 0 Å². The number of aliphatic carboxylic acids is 2. The Labute approximate surface area is 106 Å². The van der Waals surface area contributed by atoms with Crippen molar-refractivity contribution in [3.8, 4) is 0 Å². The molecule has 1 aliphatic carbocycles. The van der Waals surface area contributed by atoms with Gasteiger partial charge in [-0.1, -0.05) is 39.0 Å². The molecule has 2 N–H and O–H groups in total. The molecule has 0 aromatic heterocycles. The van der Waals surface area contributed by atoms with Gasteiger partial charge in [-0.25, -0.2) is 4.79 Å². The van der Waals surface area contributed by atoms with E-state index in [1.54, 1.807) is 18.2 Å². The van der Waals surface area contributed by atoms with Crippen LogP contribution in [0.15, 0.2) is 36.0 Å². The molecule has 1 rings (SSSR count). The van der Waals surface area contributed by atoms with Crippen molar-refractivity contribution in [1.82, 2.24) is 0 Å². The van der Waals surface area contributed by atoms with E-state index in [2.05, 4.69) is 0 Å². The number of allylic oxidation sites excluding steroid dienone is 4. The molecule has 98 valence electrons. The minimum atomic E-state index is -1.02. The third-order valence-corrected chi connectivity index (χ3v) is 3.36. The lowest BCUT2D eigenvalue weighted by Gasteiger charge is -2.39. The Hall–Kier alpha value is -1.84.